The number of hydrogen-bond donors (Lipinski definition) is 2. The van der Waals surface area contributed by atoms with Gasteiger partial charge >= 0.3 is 12.6 Å². The molecule has 14 heteroatoms. The van der Waals surface area contributed by atoms with Gasteiger partial charge < -0.3 is 25.0 Å². The number of nitrogens with zero attached hydrogens (tertiary/aromatic N) is 3. The summed E-state index contributed by atoms with van der Waals surface area (Å²) in [6, 6.07) is 10.8. The molecule has 1 fully saturated rings. The van der Waals surface area contributed by atoms with Crippen molar-refractivity contribution >= 4 is 29.9 Å². The number of anilines is 1. The van der Waals surface area contributed by atoms with E-state index >= 15 is 0 Å². The summed E-state index contributed by atoms with van der Waals surface area (Å²) < 4.78 is 48.4. The molecule has 0 unspecified atom stereocenters. The van der Waals surface area contributed by atoms with Gasteiger partial charge in [-0.1, -0.05) is 29.8 Å². The van der Waals surface area contributed by atoms with Crippen molar-refractivity contribution in [3.63, 3.8) is 0 Å². The fourth-order valence-corrected chi connectivity index (χ4v) is 3.74. The Bertz CT molecular complexity index is 1230. The van der Waals surface area contributed by atoms with Crippen LogP contribution in [-0.4, -0.2) is 92.7 Å². The summed E-state index contributed by atoms with van der Waals surface area (Å²) in [5, 5.41) is 10.7. The summed E-state index contributed by atoms with van der Waals surface area (Å²) in [7, 11) is 3.63. The Balaban J connectivity index is 0.000000386. The van der Waals surface area contributed by atoms with Crippen LogP contribution in [0.4, 0.5) is 23.2 Å². The SMILES string of the molecule is Cc1cc(N2CCOCC2)cc(F)c1C(=O)NCC(=O)O.Cc1cccc(CN(C=O)C(=O)/C=C\N(C)C)c1.FC(F)F. The quantitative estimate of drug-likeness (QED) is 0.251. The average molecular weight is 613 g/mol. The van der Waals surface area contributed by atoms with Crippen molar-refractivity contribution in [2.75, 3.05) is 51.8 Å². The second-order valence-electron chi connectivity index (χ2n) is 9.38. The molecule has 0 saturated carbocycles. The molecule has 1 aliphatic rings. The number of halogens is 4. The molecule has 236 valence electrons. The number of carboxylic acid groups (broad SMARTS) is 1. The highest BCUT2D eigenvalue weighted by molar-refractivity contribution is 5.97. The summed E-state index contributed by atoms with van der Waals surface area (Å²) in [6.07, 6.45) is 3.56. The van der Waals surface area contributed by atoms with Gasteiger partial charge in [0.15, 0.2) is 0 Å². The first-order valence-corrected chi connectivity index (χ1v) is 13.0. The zero-order valence-electron chi connectivity index (χ0n) is 24.4. The minimum atomic E-state index is -3.67. The van der Waals surface area contributed by atoms with E-state index in [9.17, 15) is 36.7 Å². The normalized spacial score (nSPS) is 12.4. The third-order valence-corrected chi connectivity index (χ3v) is 5.64. The summed E-state index contributed by atoms with van der Waals surface area (Å²) in [6.45, 7) is 2.20. The number of alkyl halides is 3. The van der Waals surface area contributed by atoms with Gasteiger partial charge in [-0.3, -0.25) is 24.1 Å². The number of hydrogen-bond acceptors (Lipinski definition) is 7. The number of rotatable bonds is 9. The molecule has 0 radical (unpaired) electrons. The smallest absolute Gasteiger partial charge is 0.379 e. The third-order valence-electron chi connectivity index (χ3n) is 5.64. The van der Waals surface area contributed by atoms with E-state index in [1.165, 1.54) is 12.1 Å². The van der Waals surface area contributed by atoms with Crippen molar-refractivity contribution in [1.29, 1.82) is 0 Å². The lowest BCUT2D eigenvalue weighted by Gasteiger charge is -2.29. The van der Waals surface area contributed by atoms with E-state index in [-0.39, 0.29) is 11.5 Å². The molecule has 0 aromatic heterocycles. The molecule has 43 heavy (non-hydrogen) atoms. The number of carbonyl (C=O) groups is 4. The highest BCUT2D eigenvalue weighted by Gasteiger charge is 2.19. The summed E-state index contributed by atoms with van der Waals surface area (Å²) in [5.41, 5.74) is 3.10. The summed E-state index contributed by atoms with van der Waals surface area (Å²) >= 11 is 0. The predicted molar refractivity (Wildman–Crippen MR) is 152 cm³/mol. The van der Waals surface area contributed by atoms with Gasteiger partial charge in [0.25, 0.3) is 11.8 Å². The molecule has 0 atom stereocenters. The molecule has 0 aliphatic carbocycles. The van der Waals surface area contributed by atoms with Crippen LogP contribution in [0, 0.1) is 19.7 Å². The van der Waals surface area contributed by atoms with E-state index in [0.29, 0.717) is 50.5 Å². The van der Waals surface area contributed by atoms with Gasteiger partial charge in [0.2, 0.25) is 6.41 Å². The van der Waals surface area contributed by atoms with Crippen LogP contribution < -0.4 is 10.2 Å². The van der Waals surface area contributed by atoms with E-state index in [1.54, 1.807) is 24.1 Å². The molecule has 1 heterocycles. The van der Waals surface area contributed by atoms with Crippen molar-refractivity contribution in [1.82, 2.24) is 15.1 Å². The minimum absolute atomic E-state index is 0.117. The van der Waals surface area contributed by atoms with E-state index in [4.69, 9.17) is 9.84 Å². The number of aliphatic carboxylic acids is 1. The van der Waals surface area contributed by atoms with Gasteiger partial charge in [0.05, 0.1) is 25.3 Å². The molecule has 2 aromatic carbocycles. The van der Waals surface area contributed by atoms with E-state index in [0.717, 1.165) is 16.0 Å². The van der Waals surface area contributed by atoms with E-state index in [2.05, 4.69) is 5.32 Å². The maximum Gasteiger partial charge on any atom is 0.379 e. The predicted octanol–water partition coefficient (Wildman–Crippen LogP) is 3.52. The van der Waals surface area contributed by atoms with E-state index < -0.39 is 30.9 Å². The number of carboxylic acids is 1. The van der Waals surface area contributed by atoms with Crippen LogP contribution in [0.15, 0.2) is 48.7 Å². The Morgan fingerprint density at radius 2 is 1.72 bits per heavy atom. The maximum absolute atomic E-state index is 14.2. The molecule has 2 aromatic rings. The zero-order valence-corrected chi connectivity index (χ0v) is 24.4. The van der Waals surface area contributed by atoms with Gasteiger partial charge in [-0.25, -0.2) is 4.39 Å². The molecule has 2 N–H and O–H groups in total. The second kappa shape index (κ2) is 18.9. The van der Waals surface area contributed by atoms with Crippen LogP contribution in [0.1, 0.15) is 27.0 Å². The number of nitrogens with one attached hydrogen (secondary N) is 1. The van der Waals surface area contributed by atoms with Crippen LogP contribution in [0.2, 0.25) is 0 Å². The van der Waals surface area contributed by atoms with Crippen LogP contribution in [0.5, 0.6) is 0 Å². The Morgan fingerprint density at radius 3 is 2.23 bits per heavy atom. The largest absolute Gasteiger partial charge is 0.480 e. The summed E-state index contributed by atoms with van der Waals surface area (Å²) in [4.78, 5) is 49.8. The number of amides is 3. The van der Waals surface area contributed by atoms with Crippen LogP contribution >= 0.6 is 0 Å². The van der Waals surface area contributed by atoms with Gasteiger partial charge in [-0.2, -0.15) is 13.2 Å². The van der Waals surface area contributed by atoms with Crippen LogP contribution in [0.25, 0.3) is 0 Å². The maximum atomic E-state index is 14.2. The lowest BCUT2D eigenvalue weighted by molar-refractivity contribution is -0.136. The van der Waals surface area contributed by atoms with Gasteiger partial charge in [0.1, 0.15) is 12.4 Å². The average Bonchev–Trinajstić information content (AvgIpc) is 2.93. The van der Waals surface area contributed by atoms with Crippen molar-refractivity contribution in [2.24, 2.45) is 0 Å². The van der Waals surface area contributed by atoms with Gasteiger partial charge in [-0.05, 0) is 37.1 Å². The molecular weight excluding hydrogens is 576 g/mol. The molecule has 0 spiro atoms. The molecule has 0 bridgehead atoms. The highest BCUT2D eigenvalue weighted by atomic mass is 19.4. The number of carbonyl (C=O) groups excluding carboxylic acids is 3. The van der Waals surface area contributed by atoms with Crippen LogP contribution in [0.3, 0.4) is 0 Å². The zero-order chi connectivity index (χ0) is 32.5. The van der Waals surface area contributed by atoms with Crippen molar-refractivity contribution in [3.05, 3.63) is 76.7 Å². The van der Waals surface area contributed by atoms with Gasteiger partial charge in [-0.15, -0.1) is 0 Å². The standard InChI is InChI=1S/C14H17FN2O4.C14H18N2O2.CHF3/c1-9-6-10(17-2-4-21-5-3-17)7-11(15)13(9)14(20)16-8-12(18)19;1-12-5-4-6-13(9-12)10-16(11-17)14(18)7-8-15(2)3;2-1(3)4/h6-7H,2-5,8H2,1H3,(H,16,20)(H,18,19);4-9,11H,10H2,1-3H3;1H/b;8-7-;. The second-order valence-corrected chi connectivity index (χ2v) is 9.38. The lowest BCUT2D eigenvalue weighted by atomic mass is 10.1. The molecule has 1 aliphatic heterocycles. The fraction of sp³-hybridized carbons (Fsp3) is 0.379. The first-order valence-electron chi connectivity index (χ1n) is 13.0. The topological polar surface area (TPSA) is 119 Å². The fourth-order valence-electron chi connectivity index (χ4n) is 3.74. The number of morpholine rings is 1. The number of ether oxygens (including phenoxy) is 1. The Kier molecular flexibility index (Phi) is 16.0. The van der Waals surface area contributed by atoms with Crippen molar-refractivity contribution in [3.8, 4) is 0 Å². The number of benzene rings is 2. The number of aryl methyl sites for hydroxylation is 2. The van der Waals surface area contributed by atoms with Crippen LogP contribution in [-0.2, 0) is 25.7 Å². The summed E-state index contributed by atoms with van der Waals surface area (Å²) in [5.74, 6) is -2.87. The van der Waals surface area contributed by atoms with Crippen molar-refractivity contribution < 1.29 is 46.6 Å². The molecule has 10 nitrogen and oxygen atoms in total. The Morgan fingerprint density at radius 1 is 1.09 bits per heavy atom. The van der Waals surface area contributed by atoms with E-state index in [1.807, 2.05) is 50.2 Å². The monoisotopic (exact) mass is 612 g/mol. The Hall–Kier alpha value is -4.46. The third kappa shape index (κ3) is 14.3. The first kappa shape index (κ1) is 36.6. The minimum Gasteiger partial charge on any atom is -0.480 e. The van der Waals surface area contributed by atoms with Gasteiger partial charge in [0, 0.05) is 45.1 Å². The molecular formula is C29H36F4N4O6. The highest BCUT2D eigenvalue weighted by Crippen LogP contribution is 2.23. The first-order chi connectivity index (χ1) is 20.2. The van der Waals surface area contributed by atoms with Crippen molar-refractivity contribution in [2.45, 2.75) is 27.1 Å². The molecule has 3 amide bonds. The molecule has 3 rings (SSSR count). The number of imide groups is 1. The Labute approximate surface area is 247 Å². The lowest BCUT2D eigenvalue weighted by Crippen LogP contribution is -2.36. The molecule has 1 saturated heterocycles.